The van der Waals surface area contributed by atoms with Gasteiger partial charge in [-0.05, 0) is 37.0 Å². The minimum Gasteiger partial charge on any atom is -0.493 e. The molecule has 0 radical (unpaired) electrons. The van der Waals surface area contributed by atoms with E-state index < -0.39 is 9.84 Å². The number of nitrogens with one attached hydrogen (secondary N) is 1. The topological polar surface area (TPSA) is 72.5 Å². The average molecular weight is 323 g/mol. The van der Waals surface area contributed by atoms with E-state index in [2.05, 4.69) is 12.2 Å². The average Bonchev–Trinajstić information content (AvgIpc) is 2.76. The number of carbonyl (C=O) groups is 1. The molecule has 1 unspecified atom stereocenters. The number of benzene rings is 1. The zero-order chi connectivity index (χ0) is 15.9. The molecule has 1 fully saturated rings. The molecule has 2 aliphatic rings. The lowest BCUT2D eigenvalue weighted by molar-refractivity contribution is 0.0897. The molecule has 1 saturated carbocycles. The minimum atomic E-state index is -2.93. The summed E-state index contributed by atoms with van der Waals surface area (Å²) in [5.74, 6) is 1.47. The Morgan fingerprint density at radius 3 is 2.77 bits per heavy atom. The summed E-state index contributed by atoms with van der Waals surface area (Å²) in [7, 11) is -2.93. The SMILES string of the molecule is CC1COc2ccc(C(=O)NC3CC(CS(C)(=O)=O)C3)cc21. The Labute approximate surface area is 131 Å². The highest BCUT2D eigenvalue weighted by atomic mass is 32.2. The molecule has 1 heterocycles. The zero-order valence-corrected chi connectivity index (χ0v) is 13.7. The van der Waals surface area contributed by atoms with Crippen molar-refractivity contribution in [2.75, 3.05) is 18.6 Å². The van der Waals surface area contributed by atoms with Gasteiger partial charge in [0.15, 0.2) is 0 Å². The van der Waals surface area contributed by atoms with Gasteiger partial charge in [-0.1, -0.05) is 6.92 Å². The normalized spacial score (nSPS) is 26.7. The quantitative estimate of drug-likeness (QED) is 0.916. The fourth-order valence-electron chi connectivity index (χ4n) is 3.20. The molecular weight excluding hydrogens is 302 g/mol. The third-order valence-corrected chi connectivity index (χ3v) is 5.48. The number of amides is 1. The molecule has 1 aromatic carbocycles. The summed E-state index contributed by atoms with van der Waals surface area (Å²) in [6, 6.07) is 5.61. The highest BCUT2D eigenvalue weighted by Gasteiger charge is 2.32. The summed E-state index contributed by atoms with van der Waals surface area (Å²) < 4.78 is 28.0. The van der Waals surface area contributed by atoms with Crippen LogP contribution in [0.3, 0.4) is 0 Å². The summed E-state index contributed by atoms with van der Waals surface area (Å²) in [5.41, 5.74) is 1.72. The van der Waals surface area contributed by atoms with E-state index >= 15 is 0 Å². The Hall–Kier alpha value is -1.56. The molecule has 6 heteroatoms. The van der Waals surface area contributed by atoms with Gasteiger partial charge < -0.3 is 10.1 Å². The Morgan fingerprint density at radius 1 is 1.36 bits per heavy atom. The molecule has 1 atom stereocenters. The van der Waals surface area contributed by atoms with Crippen molar-refractivity contribution in [2.45, 2.75) is 31.7 Å². The van der Waals surface area contributed by atoms with Crippen molar-refractivity contribution in [3.05, 3.63) is 29.3 Å². The molecule has 0 spiro atoms. The molecule has 1 aliphatic heterocycles. The Bertz CT molecular complexity index is 692. The van der Waals surface area contributed by atoms with E-state index in [-0.39, 0.29) is 23.6 Å². The number of ether oxygens (including phenoxy) is 1. The predicted molar refractivity (Wildman–Crippen MR) is 84.0 cm³/mol. The van der Waals surface area contributed by atoms with Gasteiger partial charge in [0.05, 0.1) is 12.4 Å². The maximum Gasteiger partial charge on any atom is 0.251 e. The molecule has 5 nitrogen and oxygen atoms in total. The number of fused-ring (bicyclic) bond motifs is 1. The van der Waals surface area contributed by atoms with Gasteiger partial charge in [-0.15, -0.1) is 0 Å². The molecule has 3 rings (SSSR count). The minimum absolute atomic E-state index is 0.0844. The first-order valence-corrected chi connectivity index (χ1v) is 9.63. The third-order valence-electron chi connectivity index (χ3n) is 4.40. The van der Waals surface area contributed by atoms with Crippen molar-refractivity contribution in [1.82, 2.24) is 5.32 Å². The van der Waals surface area contributed by atoms with Crippen molar-refractivity contribution in [3.63, 3.8) is 0 Å². The fourth-order valence-corrected chi connectivity index (χ4v) is 4.33. The maximum atomic E-state index is 12.3. The summed E-state index contributed by atoms with van der Waals surface area (Å²) in [5, 5.41) is 2.98. The van der Waals surface area contributed by atoms with Gasteiger partial charge in [0.1, 0.15) is 15.6 Å². The van der Waals surface area contributed by atoms with E-state index in [1.54, 1.807) is 6.07 Å². The number of hydrogen-bond acceptors (Lipinski definition) is 4. The first-order chi connectivity index (χ1) is 10.3. The standard InChI is InChI=1S/C16H21NO4S/c1-10-8-21-15-4-3-12(7-14(10)15)16(18)17-13-5-11(6-13)9-22(2,19)20/h3-4,7,10-11,13H,5-6,8-9H2,1-2H3,(H,17,18). The van der Waals surface area contributed by atoms with Crippen LogP contribution in [0.5, 0.6) is 5.75 Å². The number of sulfone groups is 1. The molecule has 1 amide bonds. The second-order valence-electron chi connectivity index (χ2n) is 6.56. The van der Waals surface area contributed by atoms with Crippen LogP contribution in [0.2, 0.25) is 0 Å². The van der Waals surface area contributed by atoms with Gasteiger partial charge in [-0.3, -0.25) is 4.79 Å². The van der Waals surface area contributed by atoms with Gasteiger partial charge >= 0.3 is 0 Å². The second kappa shape index (κ2) is 5.57. The molecule has 1 aromatic rings. The van der Waals surface area contributed by atoms with Gasteiger partial charge in [-0.2, -0.15) is 0 Å². The highest BCUT2D eigenvalue weighted by molar-refractivity contribution is 7.90. The lowest BCUT2D eigenvalue weighted by Crippen LogP contribution is -2.46. The van der Waals surface area contributed by atoms with E-state index in [4.69, 9.17) is 4.74 Å². The Morgan fingerprint density at radius 2 is 2.09 bits per heavy atom. The largest absolute Gasteiger partial charge is 0.493 e. The lowest BCUT2D eigenvalue weighted by atomic mass is 9.81. The fraction of sp³-hybridized carbons (Fsp3) is 0.562. The first kappa shape index (κ1) is 15.3. The zero-order valence-electron chi connectivity index (χ0n) is 12.8. The summed E-state index contributed by atoms with van der Waals surface area (Å²) in [4.78, 5) is 12.3. The van der Waals surface area contributed by atoms with Crippen LogP contribution >= 0.6 is 0 Å². The number of hydrogen-bond donors (Lipinski definition) is 1. The maximum absolute atomic E-state index is 12.3. The summed E-state index contributed by atoms with van der Waals surface area (Å²) >= 11 is 0. The third kappa shape index (κ3) is 3.27. The smallest absolute Gasteiger partial charge is 0.251 e. The van der Waals surface area contributed by atoms with Crippen LogP contribution in [-0.2, 0) is 9.84 Å². The Balaban J connectivity index is 1.57. The van der Waals surface area contributed by atoms with Gasteiger partial charge in [0.2, 0.25) is 0 Å². The van der Waals surface area contributed by atoms with E-state index in [0.29, 0.717) is 18.1 Å². The first-order valence-electron chi connectivity index (χ1n) is 7.57. The molecule has 0 bridgehead atoms. The van der Waals surface area contributed by atoms with Crippen LogP contribution in [-0.4, -0.2) is 39.0 Å². The van der Waals surface area contributed by atoms with Crippen LogP contribution in [0, 0.1) is 5.92 Å². The predicted octanol–water partition coefficient (Wildman–Crippen LogP) is 1.74. The number of rotatable bonds is 4. The molecular formula is C16H21NO4S. The van der Waals surface area contributed by atoms with Crippen molar-refractivity contribution in [1.29, 1.82) is 0 Å². The van der Waals surface area contributed by atoms with Crippen LogP contribution in [0.15, 0.2) is 18.2 Å². The highest BCUT2D eigenvalue weighted by Crippen LogP contribution is 2.34. The van der Waals surface area contributed by atoms with Crippen molar-refractivity contribution in [3.8, 4) is 5.75 Å². The van der Waals surface area contributed by atoms with Crippen molar-refractivity contribution in [2.24, 2.45) is 5.92 Å². The van der Waals surface area contributed by atoms with Crippen LogP contribution in [0.1, 0.15) is 41.6 Å². The van der Waals surface area contributed by atoms with E-state index in [0.717, 1.165) is 24.2 Å². The van der Waals surface area contributed by atoms with Crippen LogP contribution < -0.4 is 10.1 Å². The number of carbonyl (C=O) groups excluding carboxylic acids is 1. The Kier molecular flexibility index (Phi) is 3.89. The van der Waals surface area contributed by atoms with Crippen LogP contribution in [0.25, 0.3) is 0 Å². The summed E-state index contributed by atoms with van der Waals surface area (Å²) in [6.45, 7) is 2.74. The van der Waals surface area contributed by atoms with Crippen molar-refractivity contribution < 1.29 is 17.9 Å². The second-order valence-corrected chi connectivity index (χ2v) is 8.75. The molecule has 0 aromatic heterocycles. The van der Waals surface area contributed by atoms with Gasteiger partial charge in [0.25, 0.3) is 5.91 Å². The van der Waals surface area contributed by atoms with Gasteiger partial charge in [0, 0.05) is 29.3 Å². The van der Waals surface area contributed by atoms with Gasteiger partial charge in [-0.25, -0.2) is 8.42 Å². The molecule has 0 saturated heterocycles. The molecule has 1 N–H and O–H groups in total. The molecule has 120 valence electrons. The molecule has 22 heavy (non-hydrogen) atoms. The van der Waals surface area contributed by atoms with E-state index in [1.165, 1.54) is 6.26 Å². The van der Waals surface area contributed by atoms with Crippen molar-refractivity contribution >= 4 is 15.7 Å². The lowest BCUT2D eigenvalue weighted by Gasteiger charge is -2.35. The molecule has 1 aliphatic carbocycles. The van der Waals surface area contributed by atoms with Crippen LogP contribution in [0.4, 0.5) is 0 Å². The van der Waals surface area contributed by atoms with E-state index in [9.17, 15) is 13.2 Å². The monoisotopic (exact) mass is 323 g/mol. The summed E-state index contributed by atoms with van der Waals surface area (Å²) in [6.07, 6.45) is 2.74. The van der Waals surface area contributed by atoms with E-state index in [1.807, 2.05) is 12.1 Å².